The second-order valence-corrected chi connectivity index (χ2v) is 2.51. The van der Waals surface area contributed by atoms with Crippen LogP contribution in [-0.4, -0.2) is 5.78 Å². The van der Waals surface area contributed by atoms with Gasteiger partial charge in [-0.3, -0.25) is 4.79 Å². The molecule has 66 valence electrons. The van der Waals surface area contributed by atoms with Gasteiger partial charge in [-0.2, -0.15) is 0 Å². The summed E-state index contributed by atoms with van der Waals surface area (Å²) >= 11 is 0. The van der Waals surface area contributed by atoms with Gasteiger partial charge in [0.15, 0.2) is 5.78 Å². The van der Waals surface area contributed by atoms with E-state index < -0.39 is 0 Å². The molecule has 0 atom stereocenters. The summed E-state index contributed by atoms with van der Waals surface area (Å²) in [6.07, 6.45) is 4.61. The number of hydrogen-bond acceptors (Lipinski definition) is 2. The summed E-state index contributed by atoms with van der Waals surface area (Å²) in [5, 5.41) is 0. The SMILES string of the molecule is C=C=C(C)C(=O)/C=C/c1ccco1. The first-order valence-electron chi connectivity index (χ1n) is 3.86. The Balaban J connectivity index is 2.70. The number of carbonyl (C=O) groups is 1. The maximum absolute atomic E-state index is 11.2. The summed E-state index contributed by atoms with van der Waals surface area (Å²) in [5.41, 5.74) is 3.03. The summed E-state index contributed by atoms with van der Waals surface area (Å²) < 4.78 is 5.01. The maximum atomic E-state index is 11.2. The van der Waals surface area contributed by atoms with Gasteiger partial charge in [0.2, 0.25) is 0 Å². The Morgan fingerprint density at radius 2 is 2.46 bits per heavy atom. The van der Waals surface area contributed by atoms with Crippen LogP contribution < -0.4 is 0 Å². The number of ketones is 1. The molecule has 13 heavy (non-hydrogen) atoms. The zero-order valence-electron chi connectivity index (χ0n) is 7.41. The molecule has 0 radical (unpaired) electrons. The second kappa shape index (κ2) is 4.29. The molecule has 0 N–H and O–H groups in total. The molecule has 1 aromatic heterocycles. The van der Waals surface area contributed by atoms with E-state index in [4.69, 9.17) is 4.42 Å². The van der Waals surface area contributed by atoms with Crippen molar-refractivity contribution in [3.05, 3.63) is 48.1 Å². The fourth-order valence-electron chi connectivity index (χ4n) is 0.756. The minimum absolute atomic E-state index is 0.105. The third-order valence-corrected chi connectivity index (χ3v) is 1.58. The highest BCUT2D eigenvalue weighted by Gasteiger charge is 1.97. The van der Waals surface area contributed by atoms with Gasteiger partial charge < -0.3 is 4.42 Å². The summed E-state index contributed by atoms with van der Waals surface area (Å²) in [6, 6.07) is 3.54. The van der Waals surface area contributed by atoms with Gasteiger partial charge in [-0.1, -0.05) is 6.58 Å². The van der Waals surface area contributed by atoms with Gasteiger partial charge in [0.25, 0.3) is 0 Å². The number of hydrogen-bond donors (Lipinski definition) is 0. The predicted molar refractivity (Wildman–Crippen MR) is 51.1 cm³/mol. The van der Waals surface area contributed by atoms with E-state index in [0.29, 0.717) is 11.3 Å². The first-order valence-corrected chi connectivity index (χ1v) is 3.86. The van der Waals surface area contributed by atoms with Crippen LogP contribution in [0.5, 0.6) is 0 Å². The first-order chi connectivity index (χ1) is 6.24. The molecule has 1 aromatic rings. The smallest absolute Gasteiger partial charge is 0.189 e. The second-order valence-electron chi connectivity index (χ2n) is 2.51. The number of rotatable bonds is 3. The number of carbonyl (C=O) groups excluding carboxylic acids is 1. The van der Waals surface area contributed by atoms with Crippen molar-refractivity contribution >= 4 is 11.9 Å². The molecule has 0 spiro atoms. The van der Waals surface area contributed by atoms with Crippen LogP contribution in [0, 0.1) is 0 Å². The standard InChI is InChI=1S/C11H10O2/c1-3-9(2)11(12)7-6-10-5-4-8-13-10/h4-8H,1H2,2H3/b7-6+. The molecule has 0 aromatic carbocycles. The van der Waals surface area contributed by atoms with Crippen LogP contribution in [0.25, 0.3) is 6.08 Å². The van der Waals surface area contributed by atoms with E-state index in [1.165, 1.54) is 6.08 Å². The zero-order valence-corrected chi connectivity index (χ0v) is 7.41. The van der Waals surface area contributed by atoms with Gasteiger partial charge in [-0.15, -0.1) is 5.73 Å². The lowest BCUT2D eigenvalue weighted by Gasteiger charge is -1.87. The molecule has 2 heteroatoms. The average molecular weight is 174 g/mol. The topological polar surface area (TPSA) is 30.2 Å². The molecule has 0 unspecified atom stereocenters. The van der Waals surface area contributed by atoms with E-state index in [0.717, 1.165) is 0 Å². The molecule has 2 nitrogen and oxygen atoms in total. The van der Waals surface area contributed by atoms with E-state index in [9.17, 15) is 4.79 Å². The van der Waals surface area contributed by atoms with Crippen LogP contribution in [0.15, 0.2) is 46.8 Å². The highest BCUT2D eigenvalue weighted by atomic mass is 16.3. The summed E-state index contributed by atoms with van der Waals surface area (Å²) in [4.78, 5) is 11.2. The third-order valence-electron chi connectivity index (χ3n) is 1.58. The van der Waals surface area contributed by atoms with E-state index in [-0.39, 0.29) is 5.78 Å². The molecule has 0 fully saturated rings. The van der Waals surface area contributed by atoms with Gasteiger partial charge >= 0.3 is 0 Å². The summed E-state index contributed by atoms with van der Waals surface area (Å²) in [5.74, 6) is 0.552. The van der Waals surface area contributed by atoms with E-state index in [1.54, 1.807) is 31.4 Å². The average Bonchev–Trinajstić information content (AvgIpc) is 2.65. The Hall–Kier alpha value is -1.79. The molecule has 0 amide bonds. The largest absolute Gasteiger partial charge is 0.465 e. The molecule has 0 aliphatic heterocycles. The Morgan fingerprint density at radius 1 is 1.69 bits per heavy atom. The maximum Gasteiger partial charge on any atom is 0.189 e. The normalized spacial score (nSPS) is 9.92. The Morgan fingerprint density at radius 3 is 3.00 bits per heavy atom. The van der Waals surface area contributed by atoms with Crippen molar-refractivity contribution in [2.24, 2.45) is 0 Å². The van der Waals surface area contributed by atoms with Crippen molar-refractivity contribution in [2.45, 2.75) is 6.92 Å². The van der Waals surface area contributed by atoms with Crippen molar-refractivity contribution in [2.75, 3.05) is 0 Å². The molecule has 0 saturated heterocycles. The Kier molecular flexibility index (Phi) is 3.07. The van der Waals surface area contributed by atoms with Crippen LogP contribution in [-0.2, 0) is 4.79 Å². The monoisotopic (exact) mass is 174 g/mol. The predicted octanol–water partition coefficient (Wildman–Crippen LogP) is 2.59. The zero-order chi connectivity index (χ0) is 9.68. The van der Waals surface area contributed by atoms with Crippen molar-refractivity contribution in [3.63, 3.8) is 0 Å². The van der Waals surface area contributed by atoms with Crippen LogP contribution in [0.4, 0.5) is 0 Å². The first kappa shape index (κ1) is 9.30. The number of furan rings is 1. The van der Waals surface area contributed by atoms with Crippen LogP contribution in [0.2, 0.25) is 0 Å². The lowest BCUT2D eigenvalue weighted by atomic mass is 10.2. The lowest BCUT2D eigenvalue weighted by molar-refractivity contribution is -0.111. The fourth-order valence-corrected chi connectivity index (χ4v) is 0.756. The Labute approximate surface area is 76.9 Å². The van der Waals surface area contributed by atoms with E-state index in [2.05, 4.69) is 12.3 Å². The highest BCUT2D eigenvalue weighted by molar-refractivity contribution is 6.05. The lowest BCUT2D eigenvalue weighted by Crippen LogP contribution is -1.91. The molecular weight excluding hydrogens is 164 g/mol. The molecule has 1 heterocycles. The highest BCUT2D eigenvalue weighted by Crippen LogP contribution is 2.03. The van der Waals surface area contributed by atoms with Crippen molar-refractivity contribution in [1.29, 1.82) is 0 Å². The number of allylic oxidation sites excluding steroid dienone is 2. The van der Waals surface area contributed by atoms with Gasteiger partial charge in [-0.25, -0.2) is 0 Å². The van der Waals surface area contributed by atoms with Crippen molar-refractivity contribution in [1.82, 2.24) is 0 Å². The summed E-state index contributed by atoms with van der Waals surface area (Å²) in [7, 11) is 0. The molecule has 0 aliphatic rings. The molecule has 0 bridgehead atoms. The minimum atomic E-state index is -0.105. The van der Waals surface area contributed by atoms with Gasteiger partial charge in [0.05, 0.1) is 6.26 Å². The molecular formula is C11H10O2. The Bertz CT molecular complexity index is 363. The summed E-state index contributed by atoms with van der Waals surface area (Å²) in [6.45, 7) is 5.05. The van der Waals surface area contributed by atoms with Crippen LogP contribution >= 0.6 is 0 Å². The molecule has 0 aliphatic carbocycles. The van der Waals surface area contributed by atoms with E-state index in [1.807, 2.05) is 0 Å². The third kappa shape index (κ3) is 2.62. The van der Waals surface area contributed by atoms with E-state index >= 15 is 0 Å². The van der Waals surface area contributed by atoms with Crippen LogP contribution in [0.1, 0.15) is 12.7 Å². The van der Waals surface area contributed by atoms with Crippen molar-refractivity contribution in [3.8, 4) is 0 Å². The quantitative estimate of drug-likeness (QED) is 0.520. The minimum Gasteiger partial charge on any atom is -0.465 e. The fraction of sp³-hybridized carbons (Fsp3) is 0.0909. The molecule has 0 saturated carbocycles. The molecule has 1 rings (SSSR count). The van der Waals surface area contributed by atoms with Crippen LogP contribution in [0.3, 0.4) is 0 Å². The van der Waals surface area contributed by atoms with Gasteiger partial charge in [0.1, 0.15) is 5.76 Å². The van der Waals surface area contributed by atoms with Gasteiger partial charge in [0, 0.05) is 5.57 Å². The van der Waals surface area contributed by atoms with Gasteiger partial charge in [-0.05, 0) is 31.2 Å². The van der Waals surface area contributed by atoms with Crippen molar-refractivity contribution < 1.29 is 9.21 Å².